The molecule has 2 aromatic rings. The zero-order chi connectivity index (χ0) is 13.5. The van der Waals surface area contributed by atoms with Crippen LogP contribution < -0.4 is 0 Å². The number of fused-ring (bicyclic) bond motifs is 1. The van der Waals surface area contributed by atoms with Gasteiger partial charge in [-0.05, 0) is 12.1 Å². The zero-order valence-electron chi connectivity index (χ0n) is 8.95. The number of carbonyl (C=O) groups is 1. The minimum atomic E-state index is -4.58. The second-order valence-corrected chi connectivity index (χ2v) is 3.71. The summed E-state index contributed by atoms with van der Waals surface area (Å²) in [5.41, 5.74) is -1.76. The fourth-order valence-corrected chi connectivity index (χ4v) is 1.74. The third kappa shape index (κ3) is 1.90. The van der Waals surface area contributed by atoms with Crippen molar-refractivity contribution in [1.29, 1.82) is 0 Å². The van der Waals surface area contributed by atoms with Crippen LogP contribution in [0, 0.1) is 0 Å². The van der Waals surface area contributed by atoms with Gasteiger partial charge in [0.2, 0.25) is 0 Å². The molecule has 0 amide bonds. The first-order chi connectivity index (χ1) is 8.36. The molecule has 0 aliphatic heterocycles. The van der Waals surface area contributed by atoms with Crippen LogP contribution >= 0.6 is 11.6 Å². The standard InChI is InChI=1S/C10H6ClF3N2O2/c1-18-9(17)6-7(11)16-4-2-3-5(8(16)15-6)10(12,13)14/h2-4H,1H3. The summed E-state index contributed by atoms with van der Waals surface area (Å²) in [6.07, 6.45) is -3.29. The highest BCUT2D eigenvalue weighted by atomic mass is 35.5. The molecule has 0 atom stereocenters. The number of halogens is 4. The van der Waals surface area contributed by atoms with E-state index in [1.165, 1.54) is 12.3 Å². The van der Waals surface area contributed by atoms with Crippen LogP contribution in [-0.2, 0) is 10.9 Å². The number of esters is 1. The van der Waals surface area contributed by atoms with Crippen molar-refractivity contribution in [3.05, 3.63) is 34.7 Å². The van der Waals surface area contributed by atoms with Crippen LogP contribution in [0.5, 0.6) is 0 Å². The molecular weight excluding hydrogens is 273 g/mol. The fourth-order valence-electron chi connectivity index (χ4n) is 1.49. The summed E-state index contributed by atoms with van der Waals surface area (Å²) in [6, 6.07) is 2.03. The maximum Gasteiger partial charge on any atom is 0.419 e. The van der Waals surface area contributed by atoms with Gasteiger partial charge in [-0.2, -0.15) is 13.2 Å². The molecule has 2 heterocycles. The number of rotatable bonds is 1. The van der Waals surface area contributed by atoms with Crippen LogP contribution in [0.2, 0.25) is 5.15 Å². The fraction of sp³-hybridized carbons (Fsp3) is 0.200. The number of carbonyl (C=O) groups excluding carboxylic acids is 1. The second-order valence-electron chi connectivity index (χ2n) is 3.36. The van der Waals surface area contributed by atoms with E-state index < -0.39 is 23.4 Å². The lowest BCUT2D eigenvalue weighted by atomic mass is 10.2. The summed E-state index contributed by atoms with van der Waals surface area (Å²) >= 11 is 5.79. The maximum absolute atomic E-state index is 12.7. The quantitative estimate of drug-likeness (QED) is 0.754. The van der Waals surface area contributed by atoms with Crippen molar-refractivity contribution in [1.82, 2.24) is 9.38 Å². The first-order valence-electron chi connectivity index (χ1n) is 4.68. The predicted molar refractivity (Wildman–Crippen MR) is 56.5 cm³/mol. The number of nitrogens with zero attached hydrogens (tertiary/aromatic N) is 2. The van der Waals surface area contributed by atoms with Gasteiger partial charge in [-0.3, -0.25) is 4.40 Å². The molecule has 2 aromatic heterocycles. The molecule has 0 saturated heterocycles. The Hall–Kier alpha value is -1.76. The Balaban J connectivity index is 2.76. The number of alkyl halides is 3. The van der Waals surface area contributed by atoms with Crippen molar-refractivity contribution in [3.63, 3.8) is 0 Å². The van der Waals surface area contributed by atoms with Gasteiger partial charge in [0.25, 0.3) is 0 Å². The Kier molecular flexibility index (Phi) is 2.94. The molecule has 18 heavy (non-hydrogen) atoms. The molecule has 8 heteroatoms. The molecule has 96 valence electrons. The van der Waals surface area contributed by atoms with Gasteiger partial charge in [-0.15, -0.1) is 0 Å². The molecule has 0 N–H and O–H groups in total. The molecule has 0 aromatic carbocycles. The van der Waals surface area contributed by atoms with E-state index in [1.807, 2.05) is 0 Å². The number of ether oxygens (including phenoxy) is 1. The smallest absolute Gasteiger partial charge is 0.419 e. The summed E-state index contributed by atoms with van der Waals surface area (Å²) in [7, 11) is 1.09. The average molecular weight is 279 g/mol. The molecule has 0 aliphatic carbocycles. The monoisotopic (exact) mass is 278 g/mol. The third-order valence-electron chi connectivity index (χ3n) is 2.28. The Morgan fingerprint density at radius 3 is 2.72 bits per heavy atom. The van der Waals surface area contributed by atoms with E-state index in [9.17, 15) is 18.0 Å². The Morgan fingerprint density at radius 1 is 1.50 bits per heavy atom. The molecule has 2 rings (SSSR count). The minimum Gasteiger partial charge on any atom is -0.464 e. The van der Waals surface area contributed by atoms with Gasteiger partial charge in [0.05, 0.1) is 12.7 Å². The van der Waals surface area contributed by atoms with Crippen LogP contribution in [-0.4, -0.2) is 22.5 Å². The van der Waals surface area contributed by atoms with E-state index >= 15 is 0 Å². The molecule has 0 spiro atoms. The normalized spacial score (nSPS) is 11.8. The largest absolute Gasteiger partial charge is 0.464 e. The second kappa shape index (κ2) is 4.16. The van der Waals surface area contributed by atoms with Crippen molar-refractivity contribution in [3.8, 4) is 0 Å². The first kappa shape index (κ1) is 12.7. The van der Waals surface area contributed by atoms with Gasteiger partial charge in [0.1, 0.15) is 5.15 Å². The van der Waals surface area contributed by atoms with Crippen LogP contribution in [0.4, 0.5) is 13.2 Å². The van der Waals surface area contributed by atoms with Crippen molar-refractivity contribution >= 4 is 23.2 Å². The molecule has 4 nitrogen and oxygen atoms in total. The van der Waals surface area contributed by atoms with Crippen molar-refractivity contribution in [2.45, 2.75) is 6.18 Å². The molecule has 0 aliphatic rings. The van der Waals surface area contributed by atoms with Gasteiger partial charge in [-0.25, -0.2) is 9.78 Å². The number of hydrogen-bond donors (Lipinski definition) is 0. The average Bonchev–Trinajstić information content (AvgIpc) is 2.65. The number of hydrogen-bond acceptors (Lipinski definition) is 3. The lowest BCUT2D eigenvalue weighted by molar-refractivity contribution is -0.136. The molecule has 0 radical (unpaired) electrons. The first-order valence-corrected chi connectivity index (χ1v) is 5.06. The Labute approximate surface area is 104 Å². The van der Waals surface area contributed by atoms with Crippen molar-refractivity contribution in [2.24, 2.45) is 0 Å². The van der Waals surface area contributed by atoms with Crippen LogP contribution in [0.3, 0.4) is 0 Å². The molecule has 0 bridgehead atoms. The van der Waals surface area contributed by atoms with Crippen molar-refractivity contribution < 1.29 is 22.7 Å². The van der Waals surface area contributed by atoms with Crippen LogP contribution in [0.15, 0.2) is 18.3 Å². The molecule has 0 unspecified atom stereocenters. The number of aromatic nitrogens is 2. The molecular formula is C10H6ClF3N2O2. The number of pyridine rings is 1. The van der Waals surface area contributed by atoms with E-state index in [0.717, 1.165) is 17.6 Å². The Bertz CT molecular complexity index is 621. The van der Waals surface area contributed by atoms with Crippen molar-refractivity contribution in [2.75, 3.05) is 7.11 Å². The van der Waals surface area contributed by atoms with Gasteiger partial charge >= 0.3 is 12.1 Å². The summed E-state index contributed by atoms with van der Waals surface area (Å²) < 4.78 is 43.6. The minimum absolute atomic E-state index is 0.219. The highest BCUT2D eigenvalue weighted by molar-refractivity contribution is 6.32. The van der Waals surface area contributed by atoms with E-state index in [0.29, 0.717) is 0 Å². The highest BCUT2D eigenvalue weighted by Gasteiger charge is 2.35. The van der Waals surface area contributed by atoms with Crippen LogP contribution in [0.1, 0.15) is 16.1 Å². The summed E-state index contributed by atoms with van der Waals surface area (Å²) in [5, 5.41) is -0.219. The Morgan fingerprint density at radius 2 is 2.17 bits per heavy atom. The summed E-state index contributed by atoms with van der Waals surface area (Å²) in [4.78, 5) is 14.9. The van der Waals surface area contributed by atoms with Gasteiger partial charge in [-0.1, -0.05) is 11.6 Å². The summed E-state index contributed by atoms with van der Waals surface area (Å²) in [5.74, 6) is -0.892. The molecule has 0 saturated carbocycles. The highest BCUT2D eigenvalue weighted by Crippen LogP contribution is 2.33. The lowest BCUT2D eigenvalue weighted by Crippen LogP contribution is -2.07. The zero-order valence-corrected chi connectivity index (χ0v) is 9.71. The van der Waals surface area contributed by atoms with Gasteiger partial charge < -0.3 is 4.74 Å². The van der Waals surface area contributed by atoms with E-state index in [4.69, 9.17) is 11.6 Å². The topological polar surface area (TPSA) is 43.6 Å². The van der Waals surface area contributed by atoms with E-state index in [2.05, 4.69) is 9.72 Å². The SMILES string of the molecule is COC(=O)c1nc2c(C(F)(F)F)cccn2c1Cl. The number of methoxy groups -OCH3 is 1. The van der Waals surface area contributed by atoms with Gasteiger partial charge in [0, 0.05) is 6.20 Å². The van der Waals surface area contributed by atoms with Gasteiger partial charge in [0.15, 0.2) is 11.3 Å². The lowest BCUT2D eigenvalue weighted by Gasteiger charge is -2.07. The molecule has 0 fully saturated rings. The van der Waals surface area contributed by atoms with E-state index in [1.54, 1.807) is 0 Å². The predicted octanol–water partition coefficient (Wildman–Crippen LogP) is 2.79. The van der Waals surface area contributed by atoms with E-state index in [-0.39, 0.29) is 10.8 Å². The summed E-state index contributed by atoms with van der Waals surface area (Å²) in [6.45, 7) is 0. The van der Waals surface area contributed by atoms with Crippen LogP contribution in [0.25, 0.3) is 5.65 Å². The number of imidazole rings is 1. The third-order valence-corrected chi connectivity index (χ3v) is 2.64. The maximum atomic E-state index is 12.7.